The van der Waals surface area contributed by atoms with Gasteiger partial charge in [-0.05, 0) is 95.8 Å². The van der Waals surface area contributed by atoms with Crippen molar-refractivity contribution < 1.29 is 9.22 Å². The first kappa shape index (κ1) is 32.0. The minimum atomic E-state index is -2.18. The van der Waals surface area contributed by atoms with E-state index in [1.165, 1.54) is 0 Å². The second-order valence-electron chi connectivity index (χ2n) is 15.0. The fraction of sp³-hybridized carbons (Fsp3) is 0.0182. The molecule has 0 aliphatic rings. The number of aromatic hydroxyl groups is 1. The first-order chi connectivity index (χ1) is 30.8. The number of benzene rings is 8. The van der Waals surface area contributed by atoms with Gasteiger partial charge < -0.3 is 9.67 Å². The number of pyridine rings is 1. The number of fused-ring (bicyclic) bond motifs is 4. The number of aryl methyl sites for hydroxylation is 1. The van der Waals surface area contributed by atoms with Crippen LogP contribution in [0.15, 0.2) is 206 Å². The first-order valence-corrected chi connectivity index (χ1v) is 20.0. The topological polar surface area (TPSA) is 55.9 Å². The number of nitrogens with zero attached hydrogens (tertiary/aromatic N) is 4. The van der Waals surface area contributed by atoms with Gasteiger partial charge in [-0.2, -0.15) is 0 Å². The van der Waals surface area contributed by atoms with Crippen LogP contribution in [0.2, 0.25) is 0 Å². The fourth-order valence-corrected chi connectivity index (χ4v) is 8.68. The summed E-state index contributed by atoms with van der Waals surface area (Å²) in [6.45, 7) is -2.18. The van der Waals surface area contributed by atoms with E-state index in [1.54, 1.807) is 18.2 Å². The molecule has 0 aliphatic carbocycles. The lowest BCUT2D eigenvalue weighted by molar-refractivity contribution is 0.477. The van der Waals surface area contributed by atoms with Crippen molar-refractivity contribution in [3.63, 3.8) is 0 Å². The standard InChI is InChI=1S/C55H38N4O/c1-36-27-29-37(30-28-36)39-31-32-56-47(34-39)40-33-46(53-44-20-9-12-24-49(44)58(51(53)35-40)41-17-6-3-7-18-41)43-22-14-25-50-54(43)57-55(45-21-10-13-26-52(45)60)59(50)48-23-11-8-19-42(48)38-15-4-2-5-16-38/h2-35,60H,1H3/i1D3. The minimum Gasteiger partial charge on any atom is -0.507 e. The highest BCUT2D eigenvalue weighted by molar-refractivity contribution is 6.19. The number of aromatic nitrogens is 4. The number of hydrogen-bond donors (Lipinski definition) is 1. The Kier molecular flexibility index (Phi) is 7.69. The number of hydrogen-bond acceptors (Lipinski definition) is 3. The molecule has 3 heterocycles. The molecule has 0 bridgehead atoms. The van der Waals surface area contributed by atoms with E-state index in [4.69, 9.17) is 14.1 Å². The Bertz CT molecular complexity index is 3500. The largest absolute Gasteiger partial charge is 0.507 e. The molecule has 5 heteroatoms. The molecule has 0 radical (unpaired) electrons. The lowest BCUT2D eigenvalue weighted by Gasteiger charge is -2.16. The summed E-state index contributed by atoms with van der Waals surface area (Å²) in [6, 6.07) is 66.8. The van der Waals surface area contributed by atoms with Gasteiger partial charge in [0, 0.05) is 43.5 Å². The van der Waals surface area contributed by atoms with Crippen molar-refractivity contribution in [2.24, 2.45) is 0 Å². The van der Waals surface area contributed by atoms with Crippen molar-refractivity contribution in [2.45, 2.75) is 6.85 Å². The second kappa shape index (κ2) is 14.4. The second-order valence-corrected chi connectivity index (χ2v) is 15.0. The molecule has 0 unspecified atom stereocenters. The third-order valence-electron chi connectivity index (χ3n) is 11.4. The van der Waals surface area contributed by atoms with Crippen molar-refractivity contribution in [3.05, 3.63) is 212 Å². The number of phenolic OH excluding ortho intramolecular Hbond substituents is 1. The molecule has 60 heavy (non-hydrogen) atoms. The van der Waals surface area contributed by atoms with Crippen LogP contribution in [0.25, 0.3) is 100 Å². The van der Waals surface area contributed by atoms with Gasteiger partial charge in [-0.3, -0.25) is 9.55 Å². The van der Waals surface area contributed by atoms with Crippen LogP contribution in [0.1, 0.15) is 9.68 Å². The summed E-state index contributed by atoms with van der Waals surface area (Å²) in [6.07, 6.45) is 1.81. The zero-order valence-electron chi connectivity index (χ0n) is 35.4. The molecule has 0 saturated heterocycles. The van der Waals surface area contributed by atoms with E-state index in [-0.39, 0.29) is 5.75 Å². The van der Waals surface area contributed by atoms with Crippen LogP contribution in [-0.2, 0) is 0 Å². The maximum atomic E-state index is 11.4. The summed E-state index contributed by atoms with van der Waals surface area (Å²) < 4.78 is 28.1. The summed E-state index contributed by atoms with van der Waals surface area (Å²) in [5.74, 6) is 0.763. The van der Waals surface area contributed by atoms with Crippen molar-refractivity contribution in [1.82, 2.24) is 19.1 Å². The molecule has 11 rings (SSSR count). The van der Waals surface area contributed by atoms with E-state index in [9.17, 15) is 5.11 Å². The summed E-state index contributed by atoms with van der Waals surface area (Å²) >= 11 is 0. The third kappa shape index (κ3) is 5.87. The molecular formula is C55H38N4O. The van der Waals surface area contributed by atoms with Gasteiger partial charge in [0.2, 0.25) is 0 Å². The van der Waals surface area contributed by atoms with E-state index in [2.05, 4.69) is 124 Å². The number of para-hydroxylation sites is 5. The molecule has 8 aromatic carbocycles. The molecule has 0 aliphatic heterocycles. The van der Waals surface area contributed by atoms with Gasteiger partial charge in [0.25, 0.3) is 0 Å². The molecule has 0 amide bonds. The Morgan fingerprint density at radius 3 is 2.00 bits per heavy atom. The maximum absolute atomic E-state index is 11.4. The van der Waals surface area contributed by atoms with E-state index < -0.39 is 6.85 Å². The van der Waals surface area contributed by atoms with Crippen molar-refractivity contribution >= 4 is 32.8 Å². The van der Waals surface area contributed by atoms with E-state index >= 15 is 0 Å². The Labute approximate surface area is 352 Å². The smallest absolute Gasteiger partial charge is 0.149 e. The van der Waals surface area contributed by atoms with Gasteiger partial charge in [0.05, 0.1) is 39.0 Å². The molecule has 0 saturated carbocycles. The van der Waals surface area contributed by atoms with Crippen molar-refractivity contribution in [3.8, 4) is 73.2 Å². The Balaban J connectivity index is 1.21. The minimum absolute atomic E-state index is 0.141. The van der Waals surface area contributed by atoms with Crippen molar-refractivity contribution in [2.75, 3.05) is 0 Å². The predicted molar refractivity (Wildman–Crippen MR) is 247 cm³/mol. The molecule has 0 spiro atoms. The number of phenols is 1. The van der Waals surface area contributed by atoms with Gasteiger partial charge in [0.1, 0.15) is 11.6 Å². The van der Waals surface area contributed by atoms with Gasteiger partial charge >= 0.3 is 0 Å². The molecule has 5 nitrogen and oxygen atoms in total. The van der Waals surface area contributed by atoms with E-state index in [0.717, 1.165) is 88.9 Å². The highest BCUT2D eigenvalue weighted by Gasteiger charge is 2.24. The van der Waals surface area contributed by atoms with Gasteiger partial charge in [0.15, 0.2) is 0 Å². The average Bonchev–Trinajstić information content (AvgIpc) is 3.88. The lowest BCUT2D eigenvalue weighted by atomic mass is 9.94. The van der Waals surface area contributed by atoms with Crippen LogP contribution in [0, 0.1) is 6.85 Å². The average molecular weight is 774 g/mol. The normalized spacial score (nSPS) is 12.4. The van der Waals surface area contributed by atoms with Crippen LogP contribution in [0.4, 0.5) is 0 Å². The van der Waals surface area contributed by atoms with Gasteiger partial charge in [-0.1, -0.05) is 139 Å². The van der Waals surface area contributed by atoms with Crippen LogP contribution < -0.4 is 0 Å². The summed E-state index contributed by atoms with van der Waals surface area (Å²) in [5, 5.41) is 13.6. The highest BCUT2D eigenvalue weighted by Crippen LogP contribution is 2.45. The molecule has 1 N–H and O–H groups in total. The molecular weight excluding hydrogens is 733 g/mol. The van der Waals surface area contributed by atoms with E-state index in [1.807, 2.05) is 72.9 Å². The molecule has 3 aromatic heterocycles. The van der Waals surface area contributed by atoms with E-state index in [0.29, 0.717) is 17.0 Å². The summed E-state index contributed by atoms with van der Waals surface area (Å²) in [4.78, 5) is 10.5. The maximum Gasteiger partial charge on any atom is 0.149 e. The number of imidazole rings is 1. The van der Waals surface area contributed by atoms with Gasteiger partial charge in [-0.15, -0.1) is 0 Å². The fourth-order valence-electron chi connectivity index (χ4n) is 8.68. The van der Waals surface area contributed by atoms with Crippen molar-refractivity contribution in [1.29, 1.82) is 0 Å². The monoisotopic (exact) mass is 773 g/mol. The third-order valence-corrected chi connectivity index (χ3v) is 11.4. The molecule has 0 atom stereocenters. The van der Waals surface area contributed by atoms with Crippen LogP contribution in [-0.4, -0.2) is 24.2 Å². The lowest BCUT2D eigenvalue weighted by Crippen LogP contribution is -2.00. The zero-order chi connectivity index (χ0) is 42.7. The Morgan fingerprint density at radius 1 is 0.483 bits per heavy atom. The Morgan fingerprint density at radius 2 is 1.18 bits per heavy atom. The molecule has 0 fully saturated rings. The molecule has 284 valence electrons. The Hall–Kier alpha value is -8.02. The quantitative estimate of drug-likeness (QED) is 0.175. The SMILES string of the molecule is [2H]C([2H])([2H])c1ccc(-c2ccnc(-c3cc(-c4cccc5c4nc(-c4ccccc4O)n5-c4ccccc4-c4ccccc4)c4c5ccccc5n(-c5ccccc5)c4c3)c2)cc1. The van der Waals surface area contributed by atoms with Crippen LogP contribution in [0.3, 0.4) is 0 Å². The summed E-state index contributed by atoms with van der Waals surface area (Å²) in [7, 11) is 0. The first-order valence-electron chi connectivity index (χ1n) is 21.5. The van der Waals surface area contributed by atoms with Crippen LogP contribution >= 0.6 is 0 Å². The highest BCUT2D eigenvalue weighted by atomic mass is 16.3. The number of rotatable bonds is 7. The van der Waals surface area contributed by atoms with Crippen LogP contribution in [0.5, 0.6) is 5.75 Å². The predicted octanol–water partition coefficient (Wildman–Crippen LogP) is 13.9. The van der Waals surface area contributed by atoms with Gasteiger partial charge in [-0.25, -0.2) is 4.98 Å². The zero-order valence-corrected chi connectivity index (χ0v) is 32.4. The summed E-state index contributed by atoms with van der Waals surface area (Å²) in [5.41, 5.74) is 14.2. The molecule has 11 aromatic rings.